The van der Waals surface area contributed by atoms with Gasteiger partial charge in [-0.1, -0.05) is 0 Å². The topological polar surface area (TPSA) is 83.9 Å². The van der Waals surface area contributed by atoms with Gasteiger partial charge in [0.15, 0.2) is 6.10 Å². The largest absolute Gasteiger partial charge is 0.481 e. The Balaban J connectivity index is 2.89. The summed E-state index contributed by atoms with van der Waals surface area (Å²) in [5, 5.41) is 8.76. The average Bonchev–Trinajstić information content (AvgIpc) is 2.42. The van der Waals surface area contributed by atoms with Gasteiger partial charge in [-0.2, -0.15) is 0 Å². The summed E-state index contributed by atoms with van der Waals surface area (Å²) in [7, 11) is 1.25. The molecule has 1 fully saturated rings. The van der Waals surface area contributed by atoms with Crippen molar-refractivity contribution in [2.45, 2.75) is 13.0 Å². The molecule has 0 aromatic rings. The number of likely N-dealkylation sites (tertiary alicyclic amines) is 1. The second kappa shape index (κ2) is 3.75. The molecule has 0 saturated carbocycles. The van der Waals surface area contributed by atoms with Gasteiger partial charge in [-0.25, -0.2) is 0 Å². The second-order valence-corrected chi connectivity index (χ2v) is 3.07. The first-order chi connectivity index (χ1) is 6.49. The van der Waals surface area contributed by atoms with E-state index in [0.717, 1.165) is 4.90 Å². The van der Waals surface area contributed by atoms with Gasteiger partial charge in [0.25, 0.3) is 5.91 Å². The van der Waals surface area contributed by atoms with Gasteiger partial charge >= 0.3 is 5.97 Å². The molecular formula is C8H11NO5. The van der Waals surface area contributed by atoms with Gasteiger partial charge in [-0.3, -0.25) is 19.3 Å². The number of aliphatic carboxylic acids is 1. The first kappa shape index (κ1) is 10.6. The zero-order valence-corrected chi connectivity index (χ0v) is 7.89. The maximum Gasteiger partial charge on any atom is 0.311 e. The van der Waals surface area contributed by atoms with E-state index < -0.39 is 29.8 Å². The molecule has 1 aliphatic rings. The van der Waals surface area contributed by atoms with Crippen LogP contribution in [0.4, 0.5) is 0 Å². The van der Waals surface area contributed by atoms with Crippen LogP contribution in [0.15, 0.2) is 0 Å². The zero-order chi connectivity index (χ0) is 10.9. The molecule has 0 spiro atoms. The molecule has 1 rings (SSSR count). The van der Waals surface area contributed by atoms with Crippen molar-refractivity contribution in [1.29, 1.82) is 0 Å². The van der Waals surface area contributed by atoms with E-state index in [1.165, 1.54) is 14.0 Å². The fourth-order valence-electron chi connectivity index (χ4n) is 1.46. The highest BCUT2D eigenvalue weighted by Crippen LogP contribution is 2.21. The fraction of sp³-hybridized carbons (Fsp3) is 0.625. The minimum absolute atomic E-state index is 0.109. The number of ether oxygens (including phenoxy) is 1. The Kier molecular flexibility index (Phi) is 2.85. The molecule has 0 bridgehead atoms. The van der Waals surface area contributed by atoms with Crippen LogP contribution in [0.3, 0.4) is 0 Å². The Labute approximate surface area is 80.4 Å². The molecule has 78 valence electrons. The van der Waals surface area contributed by atoms with Gasteiger partial charge < -0.3 is 9.84 Å². The summed E-state index contributed by atoms with van der Waals surface area (Å²) in [5.41, 5.74) is 0. The number of imide groups is 1. The van der Waals surface area contributed by atoms with Gasteiger partial charge in [0.1, 0.15) is 5.92 Å². The average molecular weight is 201 g/mol. The predicted octanol–water partition coefficient (Wildman–Crippen LogP) is -0.909. The Hall–Kier alpha value is -1.43. The molecule has 0 radical (unpaired) electrons. The van der Waals surface area contributed by atoms with Gasteiger partial charge in [0, 0.05) is 20.6 Å². The van der Waals surface area contributed by atoms with Crippen molar-refractivity contribution < 1.29 is 24.2 Å². The monoisotopic (exact) mass is 201 g/mol. The molecule has 1 saturated heterocycles. The van der Waals surface area contributed by atoms with E-state index >= 15 is 0 Å². The van der Waals surface area contributed by atoms with Crippen LogP contribution in [-0.2, 0) is 19.1 Å². The number of amides is 2. The Morgan fingerprint density at radius 1 is 1.57 bits per heavy atom. The minimum Gasteiger partial charge on any atom is -0.481 e. The van der Waals surface area contributed by atoms with E-state index in [2.05, 4.69) is 0 Å². The summed E-state index contributed by atoms with van der Waals surface area (Å²) in [6.45, 7) is 1.11. The van der Waals surface area contributed by atoms with Gasteiger partial charge in [-0.15, -0.1) is 0 Å². The summed E-state index contributed by atoms with van der Waals surface area (Å²) >= 11 is 0. The Bertz CT molecular complexity index is 287. The highest BCUT2D eigenvalue weighted by atomic mass is 16.5. The number of nitrogens with zero attached hydrogens (tertiary/aromatic N) is 1. The number of hydrogen-bond donors (Lipinski definition) is 1. The van der Waals surface area contributed by atoms with Crippen LogP contribution in [0.1, 0.15) is 6.92 Å². The quantitative estimate of drug-likeness (QED) is 0.625. The predicted molar refractivity (Wildman–Crippen MR) is 44.3 cm³/mol. The molecule has 1 aliphatic heterocycles. The molecular weight excluding hydrogens is 190 g/mol. The lowest BCUT2D eigenvalue weighted by Gasteiger charge is -2.10. The molecule has 6 nitrogen and oxygen atoms in total. The first-order valence-electron chi connectivity index (χ1n) is 4.06. The maximum absolute atomic E-state index is 11.4. The van der Waals surface area contributed by atoms with Crippen LogP contribution in [0.25, 0.3) is 0 Å². The molecule has 14 heavy (non-hydrogen) atoms. The van der Waals surface area contributed by atoms with E-state index in [0.29, 0.717) is 0 Å². The number of carboxylic acid groups (broad SMARTS) is 1. The summed E-state index contributed by atoms with van der Waals surface area (Å²) in [5.74, 6) is -3.13. The molecule has 0 aromatic heterocycles. The number of rotatable bonds is 2. The van der Waals surface area contributed by atoms with Gasteiger partial charge in [-0.05, 0) is 0 Å². The zero-order valence-electron chi connectivity index (χ0n) is 7.89. The van der Waals surface area contributed by atoms with Crippen LogP contribution in [0.5, 0.6) is 0 Å². The highest BCUT2D eigenvalue weighted by molar-refractivity contribution is 6.01. The first-order valence-corrected chi connectivity index (χ1v) is 4.06. The van der Waals surface area contributed by atoms with Crippen LogP contribution < -0.4 is 0 Å². The molecule has 2 unspecified atom stereocenters. The third-order valence-corrected chi connectivity index (χ3v) is 2.21. The lowest BCUT2D eigenvalue weighted by atomic mass is 10.1. The third-order valence-electron chi connectivity index (χ3n) is 2.21. The van der Waals surface area contributed by atoms with Gasteiger partial charge in [0.2, 0.25) is 5.91 Å². The summed E-state index contributed by atoms with van der Waals surface area (Å²) < 4.78 is 4.75. The van der Waals surface area contributed by atoms with E-state index in [1.807, 2.05) is 0 Å². The summed E-state index contributed by atoms with van der Waals surface area (Å²) in [4.78, 5) is 34.0. The Morgan fingerprint density at radius 2 is 2.14 bits per heavy atom. The number of hydrogen-bond acceptors (Lipinski definition) is 4. The van der Waals surface area contributed by atoms with Gasteiger partial charge in [0.05, 0.1) is 0 Å². The smallest absolute Gasteiger partial charge is 0.311 e. The molecule has 6 heteroatoms. The highest BCUT2D eigenvalue weighted by Gasteiger charge is 2.46. The Morgan fingerprint density at radius 3 is 2.43 bits per heavy atom. The third kappa shape index (κ3) is 1.60. The number of carboxylic acids is 1. The molecule has 0 aliphatic carbocycles. The summed E-state index contributed by atoms with van der Waals surface area (Å²) in [6, 6.07) is 0. The standard InChI is InChI=1S/C8H11NO5/c1-4(10)9-3-5(8(12)13)6(14-2)7(9)11/h5-6H,3H2,1-2H3,(H,12,13). The van der Waals surface area contributed by atoms with Crippen molar-refractivity contribution in [2.75, 3.05) is 13.7 Å². The SMILES string of the molecule is COC1C(=O)N(C(C)=O)CC1C(=O)O. The van der Waals surface area contributed by atoms with Crippen molar-refractivity contribution in [3.63, 3.8) is 0 Å². The van der Waals surface area contributed by atoms with E-state index in [4.69, 9.17) is 9.84 Å². The molecule has 1 heterocycles. The fourth-order valence-corrected chi connectivity index (χ4v) is 1.46. The van der Waals surface area contributed by atoms with Crippen molar-refractivity contribution in [2.24, 2.45) is 5.92 Å². The van der Waals surface area contributed by atoms with Crippen LogP contribution in [-0.4, -0.2) is 47.5 Å². The van der Waals surface area contributed by atoms with Crippen LogP contribution >= 0.6 is 0 Å². The van der Waals surface area contributed by atoms with E-state index in [-0.39, 0.29) is 6.54 Å². The number of carbonyl (C=O) groups is 3. The van der Waals surface area contributed by atoms with E-state index in [9.17, 15) is 14.4 Å². The minimum atomic E-state index is -1.13. The lowest BCUT2D eigenvalue weighted by Crippen LogP contribution is -2.34. The number of carbonyl (C=O) groups excluding carboxylic acids is 2. The van der Waals surface area contributed by atoms with Crippen LogP contribution in [0.2, 0.25) is 0 Å². The van der Waals surface area contributed by atoms with E-state index in [1.54, 1.807) is 0 Å². The maximum atomic E-state index is 11.4. The molecule has 0 aromatic carbocycles. The van der Waals surface area contributed by atoms with Crippen molar-refractivity contribution in [3.8, 4) is 0 Å². The second-order valence-electron chi connectivity index (χ2n) is 3.07. The van der Waals surface area contributed by atoms with Crippen molar-refractivity contribution in [3.05, 3.63) is 0 Å². The lowest BCUT2D eigenvalue weighted by molar-refractivity contribution is -0.149. The normalized spacial score (nSPS) is 26.7. The van der Waals surface area contributed by atoms with Crippen LogP contribution in [0, 0.1) is 5.92 Å². The summed E-state index contributed by atoms with van der Waals surface area (Å²) in [6.07, 6.45) is -1.05. The molecule has 2 amide bonds. The van der Waals surface area contributed by atoms with Crippen molar-refractivity contribution >= 4 is 17.8 Å². The number of methoxy groups -OCH3 is 1. The van der Waals surface area contributed by atoms with Crippen molar-refractivity contribution in [1.82, 2.24) is 4.90 Å². The molecule has 1 N–H and O–H groups in total. The molecule has 2 atom stereocenters.